The maximum Gasteiger partial charge on any atom is 0.317 e. The summed E-state index contributed by atoms with van der Waals surface area (Å²) < 4.78 is 5.84. The molecule has 1 aliphatic rings. The highest BCUT2D eigenvalue weighted by Crippen LogP contribution is 2.19. The van der Waals surface area contributed by atoms with Gasteiger partial charge in [-0.15, -0.1) is 11.8 Å². The zero-order valence-electron chi connectivity index (χ0n) is 14.6. The second-order valence-electron chi connectivity index (χ2n) is 6.26. The lowest BCUT2D eigenvalue weighted by atomic mass is 10.1. The summed E-state index contributed by atoms with van der Waals surface area (Å²) in [5, 5.41) is 8.92. The molecule has 0 bridgehead atoms. The highest BCUT2D eigenvalue weighted by Gasteiger charge is 2.21. The Morgan fingerprint density at radius 1 is 1.33 bits per heavy atom. The Hall–Kier alpha value is -1.24. The molecule has 5 nitrogen and oxygen atoms in total. The average Bonchev–Trinajstić information content (AvgIpc) is 2.81. The molecule has 1 aromatic carbocycles. The maximum atomic E-state index is 10.8. The Balaban J connectivity index is 1.71. The molecule has 0 aliphatic carbocycles. The van der Waals surface area contributed by atoms with Crippen molar-refractivity contribution in [3.8, 4) is 5.75 Å². The van der Waals surface area contributed by atoms with E-state index < -0.39 is 5.97 Å². The van der Waals surface area contributed by atoms with Crippen molar-refractivity contribution in [1.82, 2.24) is 9.80 Å². The molecule has 1 saturated heterocycles. The summed E-state index contributed by atoms with van der Waals surface area (Å²) in [5.74, 6) is 0.168. The first-order chi connectivity index (χ1) is 11.6. The summed E-state index contributed by atoms with van der Waals surface area (Å²) in [6.45, 7) is 3.79. The van der Waals surface area contributed by atoms with Gasteiger partial charge in [-0.2, -0.15) is 0 Å². The third-order valence-electron chi connectivity index (χ3n) is 4.53. The molecule has 0 aromatic heterocycles. The van der Waals surface area contributed by atoms with Crippen LogP contribution in [-0.2, 0) is 4.79 Å². The van der Waals surface area contributed by atoms with E-state index in [9.17, 15) is 4.79 Å². The number of benzene rings is 1. The van der Waals surface area contributed by atoms with Crippen molar-refractivity contribution in [3.63, 3.8) is 0 Å². The van der Waals surface area contributed by atoms with Crippen molar-refractivity contribution in [1.29, 1.82) is 0 Å². The third kappa shape index (κ3) is 6.34. The second-order valence-corrected chi connectivity index (χ2v) is 7.14. The molecule has 134 valence electrons. The number of carboxylic acid groups (broad SMARTS) is 1. The summed E-state index contributed by atoms with van der Waals surface area (Å²) >= 11 is 1.73. The number of carboxylic acids is 1. The SMILES string of the molecule is CSc1ccc(OCCN2CCCC(N(C)CC(=O)O)CC2)cc1. The molecule has 24 heavy (non-hydrogen) atoms. The van der Waals surface area contributed by atoms with Crippen molar-refractivity contribution in [3.05, 3.63) is 24.3 Å². The molecule has 1 aliphatic heterocycles. The number of ether oxygens (including phenoxy) is 1. The molecule has 1 atom stereocenters. The normalized spacial score (nSPS) is 19.2. The van der Waals surface area contributed by atoms with E-state index in [2.05, 4.69) is 23.3 Å². The molecule has 6 heteroatoms. The zero-order valence-corrected chi connectivity index (χ0v) is 15.4. The second kappa shape index (κ2) is 9.91. The Labute approximate surface area is 149 Å². The number of hydrogen-bond donors (Lipinski definition) is 1. The molecule has 1 unspecified atom stereocenters. The Kier molecular flexibility index (Phi) is 7.88. The molecule has 0 amide bonds. The topological polar surface area (TPSA) is 53.0 Å². The first-order valence-electron chi connectivity index (χ1n) is 8.49. The van der Waals surface area contributed by atoms with E-state index in [4.69, 9.17) is 9.84 Å². The number of rotatable bonds is 8. The van der Waals surface area contributed by atoms with Crippen molar-refractivity contribution >= 4 is 17.7 Å². The molecule has 0 radical (unpaired) electrons. The highest BCUT2D eigenvalue weighted by molar-refractivity contribution is 7.98. The summed E-state index contributed by atoms with van der Waals surface area (Å²) in [6.07, 6.45) is 5.26. The molecular weight excluding hydrogens is 324 g/mol. The fraction of sp³-hybridized carbons (Fsp3) is 0.611. The van der Waals surface area contributed by atoms with Crippen LogP contribution < -0.4 is 4.74 Å². The van der Waals surface area contributed by atoms with Gasteiger partial charge in [0.1, 0.15) is 12.4 Å². The molecule has 1 fully saturated rings. The van der Waals surface area contributed by atoms with Gasteiger partial charge in [-0.3, -0.25) is 14.6 Å². The first-order valence-corrected chi connectivity index (χ1v) is 9.72. The number of aliphatic carboxylic acids is 1. The van der Waals surface area contributed by atoms with Gasteiger partial charge in [0, 0.05) is 17.5 Å². The fourth-order valence-corrected chi connectivity index (χ4v) is 3.52. The van der Waals surface area contributed by atoms with E-state index in [0.29, 0.717) is 12.6 Å². The average molecular weight is 353 g/mol. The van der Waals surface area contributed by atoms with Crippen molar-refractivity contribution in [2.75, 3.05) is 46.1 Å². The van der Waals surface area contributed by atoms with Crippen LogP contribution >= 0.6 is 11.8 Å². The van der Waals surface area contributed by atoms with Crippen LogP contribution in [0.25, 0.3) is 0 Å². The quantitative estimate of drug-likeness (QED) is 0.726. The third-order valence-corrected chi connectivity index (χ3v) is 5.28. The lowest BCUT2D eigenvalue weighted by molar-refractivity contribution is -0.138. The summed E-state index contributed by atoms with van der Waals surface area (Å²) in [5.41, 5.74) is 0. The lowest BCUT2D eigenvalue weighted by Crippen LogP contribution is -2.37. The van der Waals surface area contributed by atoms with Gasteiger partial charge in [0.15, 0.2) is 0 Å². The molecule has 2 rings (SSSR count). The number of nitrogens with zero attached hydrogens (tertiary/aromatic N) is 2. The van der Waals surface area contributed by atoms with Crippen molar-refractivity contribution in [2.24, 2.45) is 0 Å². The van der Waals surface area contributed by atoms with Crippen LogP contribution in [0.2, 0.25) is 0 Å². The van der Waals surface area contributed by atoms with Gasteiger partial charge in [0.05, 0.1) is 6.54 Å². The summed E-state index contributed by atoms with van der Waals surface area (Å²) in [7, 11) is 1.91. The minimum absolute atomic E-state index is 0.125. The lowest BCUT2D eigenvalue weighted by Gasteiger charge is -2.25. The van der Waals surface area contributed by atoms with Crippen LogP contribution in [0.1, 0.15) is 19.3 Å². The van der Waals surface area contributed by atoms with Gasteiger partial charge in [-0.05, 0) is 69.9 Å². The predicted octanol–water partition coefficient (Wildman–Crippen LogP) is 2.66. The van der Waals surface area contributed by atoms with Gasteiger partial charge in [0.2, 0.25) is 0 Å². The van der Waals surface area contributed by atoms with E-state index in [1.807, 2.05) is 24.1 Å². The van der Waals surface area contributed by atoms with E-state index >= 15 is 0 Å². The minimum atomic E-state index is -0.750. The van der Waals surface area contributed by atoms with Gasteiger partial charge >= 0.3 is 5.97 Å². The largest absolute Gasteiger partial charge is 0.492 e. The van der Waals surface area contributed by atoms with Crippen LogP contribution in [-0.4, -0.2) is 73.0 Å². The number of likely N-dealkylation sites (N-methyl/N-ethyl adjacent to an activating group) is 1. The predicted molar refractivity (Wildman–Crippen MR) is 98.1 cm³/mol. The van der Waals surface area contributed by atoms with Crippen LogP contribution in [0.4, 0.5) is 0 Å². The van der Waals surface area contributed by atoms with E-state index in [-0.39, 0.29) is 6.54 Å². The fourth-order valence-electron chi connectivity index (χ4n) is 3.11. The van der Waals surface area contributed by atoms with Gasteiger partial charge < -0.3 is 9.84 Å². The molecular formula is C18H28N2O3S. The number of hydrogen-bond acceptors (Lipinski definition) is 5. The molecule has 0 spiro atoms. The monoisotopic (exact) mass is 352 g/mol. The minimum Gasteiger partial charge on any atom is -0.492 e. The van der Waals surface area contributed by atoms with Crippen molar-refractivity contribution < 1.29 is 14.6 Å². The van der Waals surface area contributed by atoms with Gasteiger partial charge in [-0.25, -0.2) is 0 Å². The number of thioether (sulfide) groups is 1. The standard InChI is InChI=1S/C18H28N2O3S/c1-19(14-18(21)22)15-4-3-10-20(11-9-15)12-13-23-16-5-7-17(24-2)8-6-16/h5-8,15H,3-4,9-14H2,1-2H3,(H,21,22). The number of likely N-dealkylation sites (tertiary alicyclic amines) is 1. The summed E-state index contributed by atoms with van der Waals surface area (Å²) in [4.78, 5) is 16.5. The van der Waals surface area contributed by atoms with Crippen LogP contribution in [0, 0.1) is 0 Å². The first kappa shape index (κ1) is 19.1. The zero-order chi connectivity index (χ0) is 17.4. The van der Waals surface area contributed by atoms with E-state index in [1.165, 1.54) is 4.90 Å². The maximum absolute atomic E-state index is 10.8. The Bertz CT molecular complexity index is 509. The van der Waals surface area contributed by atoms with Gasteiger partial charge in [0.25, 0.3) is 0 Å². The summed E-state index contributed by atoms with van der Waals surface area (Å²) in [6, 6.07) is 8.56. The van der Waals surface area contributed by atoms with Crippen LogP contribution in [0.5, 0.6) is 5.75 Å². The molecule has 1 N–H and O–H groups in total. The van der Waals surface area contributed by atoms with Crippen molar-refractivity contribution in [2.45, 2.75) is 30.2 Å². The van der Waals surface area contributed by atoms with E-state index in [1.54, 1.807) is 11.8 Å². The number of carbonyl (C=O) groups is 1. The smallest absolute Gasteiger partial charge is 0.317 e. The van der Waals surface area contributed by atoms with E-state index in [0.717, 1.165) is 44.6 Å². The van der Waals surface area contributed by atoms with Crippen LogP contribution in [0.3, 0.4) is 0 Å². The molecule has 1 heterocycles. The van der Waals surface area contributed by atoms with Gasteiger partial charge in [-0.1, -0.05) is 0 Å². The van der Waals surface area contributed by atoms with Crippen LogP contribution in [0.15, 0.2) is 29.2 Å². The Morgan fingerprint density at radius 3 is 2.75 bits per heavy atom. The Morgan fingerprint density at radius 2 is 2.08 bits per heavy atom. The highest BCUT2D eigenvalue weighted by atomic mass is 32.2. The molecule has 0 saturated carbocycles. The molecule has 1 aromatic rings.